The van der Waals surface area contributed by atoms with E-state index in [-0.39, 0.29) is 6.04 Å². The number of nitrogens with zero attached hydrogens (tertiary/aromatic N) is 3. The van der Waals surface area contributed by atoms with Gasteiger partial charge in [-0.1, -0.05) is 12.1 Å². The molecule has 5 heteroatoms. The lowest BCUT2D eigenvalue weighted by molar-refractivity contribution is 0.414. The van der Waals surface area contributed by atoms with Crippen LogP contribution in [0.1, 0.15) is 31.1 Å². The molecule has 3 aromatic rings. The van der Waals surface area contributed by atoms with Crippen LogP contribution in [0, 0.1) is 0 Å². The standard InChI is InChI=1S/C17H20N4O/c1-11(2)21-17-15(18)9-13(20-16(17)10-19-21)8-12-4-6-14(22-3)7-5-12/h4-7,9-11H,8H2,1-3H3,(H2,18,20). The second kappa shape index (κ2) is 5.67. The number of anilines is 1. The van der Waals surface area contributed by atoms with Gasteiger partial charge >= 0.3 is 0 Å². The molecule has 114 valence electrons. The zero-order valence-electron chi connectivity index (χ0n) is 13.1. The van der Waals surface area contributed by atoms with E-state index in [2.05, 4.69) is 23.9 Å². The van der Waals surface area contributed by atoms with Crippen molar-refractivity contribution in [3.05, 3.63) is 47.8 Å². The van der Waals surface area contributed by atoms with E-state index in [4.69, 9.17) is 10.5 Å². The molecule has 0 saturated carbocycles. The molecule has 2 N–H and O–H groups in total. The van der Waals surface area contributed by atoms with Crippen molar-refractivity contribution in [2.24, 2.45) is 0 Å². The van der Waals surface area contributed by atoms with Gasteiger partial charge in [0.1, 0.15) is 16.8 Å². The molecular formula is C17H20N4O. The van der Waals surface area contributed by atoms with Crippen LogP contribution in [-0.4, -0.2) is 21.9 Å². The predicted molar refractivity (Wildman–Crippen MR) is 88.1 cm³/mol. The Kier molecular flexibility index (Phi) is 3.71. The van der Waals surface area contributed by atoms with Crippen molar-refractivity contribution in [3.8, 4) is 5.75 Å². The smallest absolute Gasteiger partial charge is 0.118 e. The highest BCUT2D eigenvalue weighted by Gasteiger charge is 2.12. The second-order valence-electron chi connectivity index (χ2n) is 5.64. The van der Waals surface area contributed by atoms with Gasteiger partial charge in [-0.3, -0.25) is 4.68 Å². The molecule has 0 radical (unpaired) electrons. The number of benzene rings is 1. The Labute approximate surface area is 129 Å². The van der Waals surface area contributed by atoms with Crippen molar-refractivity contribution >= 4 is 16.7 Å². The van der Waals surface area contributed by atoms with Crippen LogP contribution < -0.4 is 10.5 Å². The molecule has 0 bridgehead atoms. The number of rotatable bonds is 4. The molecule has 1 aromatic carbocycles. The molecule has 0 saturated heterocycles. The van der Waals surface area contributed by atoms with Gasteiger partial charge in [0.15, 0.2) is 0 Å². The van der Waals surface area contributed by atoms with E-state index < -0.39 is 0 Å². The Bertz CT molecular complexity index is 790. The molecule has 0 aliphatic carbocycles. The maximum absolute atomic E-state index is 6.22. The quantitative estimate of drug-likeness (QED) is 0.803. The average molecular weight is 296 g/mol. The SMILES string of the molecule is COc1ccc(Cc2cc(N)c3c(cnn3C(C)C)n2)cc1. The molecule has 0 unspecified atom stereocenters. The van der Waals surface area contributed by atoms with Gasteiger partial charge in [-0.15, -0.1) is 0 Å². The highest BCUT2D eigenvalue weighted by atomic mass is 16.5. The highest BCUT2D eigenvalue weighted by Crippen LogP contribution is 2.24. The molecule has 0 spiro atoms. The molecule has 0 amide bonds. The Hall–Kier alpha value is -2.56. The fourth-order valence-electron chi connectivity index (χ4n) is 2.58. The first-order chi connectivity index (χ1) is 10.6. The van der Waals surface area contributed by atoms with Crippen LogP contribution in [0.3, 0.4) is 0 Å². The zero-order valence-corrected chi connectivity index (χ0v) is 13.1. The van der Waals surface area contributed by atoms with Crippen LogP contribution in [-0.2, 0) is 6.42 Å². The largest absolute Gasteiger partial charge is 0.497 e. The number of hydrogen-bond acceptors (Lipinski definition) is 4. The van der Waals surface area contributed by atoms with E-state index in [0.29, 0.717) is 0 Å². The van der Waals surface area contributed by atoms with Gasteiger partial charge in [-0.2, -0.15) is 5.10 Å². The molecule has 0 aliphatic heterocycles. The summed E-state index contributed by atoms with van der Waals surface area (Å²) in [5.41, 5.74) is 10.8. The molecule has 0 fully saturated rings. The Morgan fingerprint density at radius 3 is 2.59 bits per heavy atom. The third-order valence-electron chi connectivity index (χ3n) is 3.67. The molecule has 0 atom stereocenters. The number of methoxy groups -OCH3 is 1. The minimum atomic E-state index is 0.258. The van der Waals surface area contributed by atoms with Crippen molar-refractivity contribution in [1.29, 1.82) is 0 Å². The van der Waals surface area contributed by atoms with Crippen molar-refractivity contribution in [3.63, 3.8) is 0 Å². The third kappa shape index (κ3) is 2.62. The van der Waals surface area contributed by atoms with E-state index in [1.807, 2.05) is 35.0 Å². The summed E-state index contributed by atoms with van der Waals surface area (Å²) in [5.74, 6) is 0.852. The lowest BCUT2D eigenvalue weighted by atomic mass is 10.1. The van der Waals surface area contributed by atoms with E-state index >= 15 is 0 Å². The summed E-state index contributed by atoms with van der Waals surface area (Å²) in [6.07, 6.45) is 2.51. The topological polar surface area (TPSA) is 66.0 Å². The van der Waals surface area contributed by atoms with Gasteiger partial charge in [0.2, 0.25) is 0 Å². The maximum Gasteiger partial charge on any atom is 0.118 e. The maximum atomic E-state index is 6.22. The van der Waals surface area contributed by atoms with Crippen molar-refractivity contribution in [1.82, 2.24) is 14.8 Å². The Morgan fingerprint density at radius 2 is 1.95 bits per heavy atom. The third-order valence-corrected chi connectivity index (χ3v) is 3.67. The minimum absolute atomic E-state index is 0.258. The van der Waals surface area contributed by atoms with Gasteiger partial charge < -0.3 is 10.5 Å². The monoisotopic (exact) mass is 296 g/mol. The average Bonchev–Trinajstić information content (AvgIpc) is 2.92. The number of fused-ring (bicyclic) bond motifs is 1. The van der Waals surface area contributed by atoms with E-state index in [1.165, 1.54) is 5.56 Å². The number of ether oxygens (including phenoxy) is 1. The number of nitrogens with two attached hydrogens (primary N) is 1. The minimum Gasteiger partial charge on any atom is -0.497 e. The molecule has 2 aromatic heterocycles. The van der Waals surface area contributed by atoms with E-state index in [1.54, 1.807) is 13.3 Å². The van der Waals surface area contributed by atoms with Crippen molar-refractivity contribution in [2.45, 2.75) is 26.3 Å². The molecule has 22 heavy (non-hydrogen) atoms. The summed E-state index contributed by atoms with van der Waals surface area (Å²) >= 11 is 0. The van der Waals surface area contributed by atoms with Crippen molar-refractivity contribution < 1.29 is 4.74 Å². The number of hydrogen-bond donors (Lipinski definition) is 1. The fourth-order valence-corrected chi connectivity index (χ4v) is 2.58. The lowest BCUT2D eigenvalue weighted by Gasteiger charge is -2.10. The first kappa shape index (κ1) is 14.4. The number of pyridine rings is 1. The van der Waals surface area contributed by atoms with Gasteiger partial charge in [0.05, 0.1) is 19.0 Å². The summed E-state index contributed by atoms with van der Waals surface area (Å²) < 4.78 is 7.09. The zero-order chi connectivity index (χ0) is 15.7. The van der Waals surface area contributed by atoms with Crippen LogP contribution in [0.4, 0.5) is 5.69 Å². The van der Waals surface area contributed by atoms with E-state index in [9.17, 15) is 0 Å². The summed E-state index contributed by atoms with van der Waals surface area (Å²) in [5, 5.41) is 4.38. The first-order valence-electron chi connectivity index (χ1n) is 7.34. The van der Waals surface area contributed by atoms with E-state index in [0.717, 1.165) is 34.6 Å². The molecule has 5 nitrogen and oxygen atoms in total. The summed E-state index contributed by atoms with van der Waals surface area (Å²) in [7, 11) is 1.66. The lowest BCUT2D eigenvalue weighted by Crippen LogP contribution is -2.05. The van der Waals surface area contributed by atoms with Gasteiger partial charge in [0, 0.05) is 18.2 Å². The number of aromatic nitrogens is 3. The van der Waals surface area contributed by atoms with Crippen LogP contribution in [0.15, 0.2) is 36.5 Å². The molecular weight excluding hydrogens is 276 g/mol. The molecule has 3 rings (SSSR count). The Balaban J connectivity index is 1.94. The molecule has 0 aliphatic rings. The van der Waals surface area contributed by atoms with Crippen LogP contribution >= 0.6 is 0 Å². The number of nitrogen functional groups attached to an aromatic ring is 1. The van der Waals surface area contributed by atoms with Crippen LogP contribution in [0.5, 0.6) is 5.75 Å². The first-order valence-corrected chi connectivity index (χ1v) is 7.34. The fraction of sp³-hybridized carbons (Fsp3) is 0.294. The van der Waals surface area contributed by atoms with Crippen LogP contribution in [0.25, 0.3) is 11.0 Å². The Morgan fingerprint density at radius 1 is 1.23 bits per heavy atom. The van der Waals surface area contributed by atoms with Crippen molar-refractivity contribution in [2.75, 3.05) is 12.8 Å². The highest BCUT2D eigenvalue weighted by molar-refractivity contribution is 5.86. The summed E-state index contributed by atoms with van der Waals surface area (Å²) in [6, 6.07) is 10.2. The summed E-state index contributed by atoms with van der Waals surface area (Å²) in [4.78, 5) is 4.68. The second-order valence-corrected chi connectivity index (χ2v) is 5.64. The van der Waals surface area contributed by atoms with Crippen LogP contribution in [0.2, 0.25) is 0 Å². The predicted octanol–water partition coefficient (Wildman–Crippen LogP) is 3.19. The van der Waals surface area contributed by atoms with Gasteiger partial charge in [-0.05, 0) is 37.6 Å². The van der Waals surface area contributed by atoms with Gasteiger partial charge in [0.25, 0.3) is 0 Å². The normalized spacial score (nSPS) is 11.3. The summed E-state index contributed by atoms with van der Waals surface area (Å²) in [6.45, 7) is 4.16. The molecule has 2 heterocycles. The van der Waals surface area contributed by atoms with Gasteiger partial charge in [-0.25, -0.2) is 4.98 Å².